The molecule has 0 saturated carbocycles. The first-order valence-corrected chi connectivity index (χ1v) is 15.4. The summed E-state index contributed by atoms with van der Waals surface area (Å²) in [6.45, 7) is 7.26. The summed E-state index contributed by atoms with van der Waals surface area (Å²) in [6, 6.07) is 13.9. The molecule has 2 aromatic heterocycles. The zero-order valence-corrected chi connectivity index (χ0v) is 26.8. The summed E-state index contributed by atoms with van der Waals surface area (Å²) >= 11 is 11.8. The topological polar surface area (TPSA) is 90.7 Å². The highest BCUT2D eigenvalue weighted by Crippen LogP contribution is 2.39. The minimum Gasteiger partial charge on any atom is -0.378 e. The number of amides is 2. The number of H-pyrrole nitrogens is 2. The first kappa shape index (κ1) is 33.6. The van der Waals surface area contributed by atoms with Crippen molar-refractivity contribution in [1.29, 1.82) is 0 Å². The summed E-state index contributed by atoms with van der Waals surface area (Å²) in [5.74, 6) is -0.441. The molecule has 0 spiro atoms. The van der Waals surface area contributed by atoms with Gasteiger partial charge >= 0.3 is 6.18 Å². The predicted octanol–water partition coefficient (Wildman–Crippen LogP) is 7.25. The van der Waals surface area contributed by atoms with Crippen molar-refractivity contribution in [2.45, 2.75) is 20.0 Å². The van der Waals surface area contributed by atoms with Gasteiger partial charge in [0.05, 0.1) is 26.4 Å². The van der Waals surface area contributed by atoms with Crippen molar-refractivity contribution in [3.8, 4) is 22.3 Å². The van der Waals surface area contributed by atoms with Gasteiger partial charge in [-0.2, -0.15) is 13.2 Å². The van der Waals surface area contributed by atoms with Gasteiger partial charge in [0, 0.05) is 53.5 Å². The van der Waals surface area contributed by atoms with E-state index in [1.165, 1.54) is 11.8 Å². The summed E-state index contributed by atoms with van der Waals surface area (Å²) < 4.78 is 50.5. The number of ether oxygens (including phenoxy) is 2. The van der Waals surface area contributed by atoms with Gasteiger partial charge in [0.25, 0.3) is 11.8 Å². The zero-order valence-electron chi connectivity index (χ0n) is 25.3. The Morgan fingerprint density at radius 1 is 0.717 bits per heavy atom. The van der Waals surface area contributed by atoms with E-state index in [0.717, 1.165) is 16.7 Å². The van der Waals surface area contributed by atoms with Crippen LogP contribution in [0.15, 0.2) is 54.7 Å². The standard InChI is InChI=1S/C17H16ClF3N2O2.C16H17ClN2O2/c1-10-13(11-2-4-12(18)5-3-11)14(22-15(10)17(19,20)21)16(24)23-6-8-25-9-7-23;1-11-10-18-15(16(20)19-6-8-21-9-7-19)14(11)12-2-4-13(17)5-3-12/h2-5,22H,6-9H2,1H3;2-5,10,18H,6-9H2,1H3. The molecule has 8 nitrogen and oxygen atoms in total. The first-order valence-electron chi connectivity index (χ1n) is 14.7. The molecule has 2 aliphatic heterocycles. The fourth-order valence-corrected chi connectivity index (χ4v) is 5.80. The summed E-state index contributed by atoms with van der Waals surface area (Å²) in [7, 11) is 0. The molecular formula is C33H33Cl2F3N4O4. The second-order valence-electron chi connectivity index (χ2n) is 10.9. The second kappa shape index (κ2) is 14.3. The van der Waals surface area contributed by atoms with Crippen molar-refractivity contribution in [2.75, 3.05) is 52.6 Å². The van der Waals surface area contributed by atoms with Crippen LogP contribution in [-0.2, 0) is 15.7 Å². The van der Waals surface area contributed by atoms with Crippen LogP contribution in [0.5, 0.6) is 0 Å². The van der Waals surface area contributed by atoms with Gasteiger partial charge in [-0.25, -0.2) is 0 Å². The highest BCUT2D eigenvalue weighted by Gasteiger charge is 2.38. The number of rotatable bonds is 4. The molecule has 2 aliphatic rings. The van der Waals surface area contributed by atoms with E-state index in [2.05, 4.69) is 9.97 Å². The van der Waals surface area contributed by atoms with Crippen molar-refractivity contribution in [1.82, 2.24) is 19.8 Å². The van der Waals surface area contributed by atoms with Crippen molar-refractivity contribution in [3.05, 3.63) is 93.0 Å². The monoisotopic (exact) mass is 676 g/mol. The zero-order chi connectivity index (χ0) is 33.0. The maximum absolute atomic E-state index is 13.3. The van der Waals surface area contributed by atoms with E-state index in [9.17, 15) is 22.8 Å². The van der Waals surface area contributed by atoms with Crippen LogP contribution < -0.4 is 0 Å². The number of hydrogen-bond donors (Lipinski definition) is 2. The predicted molar refractivity (Wildman–Crippen MR) is 170 cm³/mol. The number of morpholine rings is 2. The largest absolute Gasteiger partial charge is 0.431 e. The molecule has 4 aromatic rings. The van der Waals surface area contributed by atoms with Gasteiger partial charge in [-0.15, -0.1) is 0 Å². The minimum absolute atomic E-state index is 0.00793. The Labute approximate surface area is 274 Å². The second-order valence-corrected chi connectivity index (χ2v) is 11.8. The van der Waals surface area contributed by atoms with Crippen LogP contribution in [0.3, 0.4) is 0 Å². The number of hydrogen-bond acceptors (Lipinski definition) is 4. The van der Waals surface area contributed by atoms with Crippen LogP contribution in [0.1, 0.15) is 37.8 Å². The lowest BCUT2D eigenvalue weighted by atomic mass is 10.00. The van der Waals surface area contributed by atoms with Crippen LogP contribution in [0.2, 0.25) is 10.0 Å². The Kier molecular flexibility index (Phi) is 10.5. The van der Waals surface area contributed by atoms with Gasteiger partial charge in [-0.3, -0.25) is 9.59 Å². The Hall–Kier alpha value is -3.77. The molecule has 2 saturated heterocycles. The Morgan fingerprint density at radius 2 is 1.15 bits per heavy atom. The molecule has 2 aromatic carbocycles. The average molecular weight is 678 g/mol. The van der Waals surface area contributed by atoms with Gasteiger partial charge < -0.3 is 29.2 Å². The molecule has 4 heterocycles. The molecule has 0 aliphatic carbocycles. The smallest absolute Gasteiger partial charge is 0.378 e. The van der Waals surface area contributed by atoms with E-state index in [1.807, 2.05) is 42.3 Å². The van der Waals surface area contributed by atoms with Crippen LogP contribution in [0, 0.1) is 13.8 Å². The number of nitrogens with zero attached hydrogens (tertiary/aromatic N) is 2. The lowest BCUT2D eigenvalue weighted by Gasteiger charge is -2.26. The molecule has 0 atom stereocenters. The summed E-state index contributed by atoms with van der Waals surface area (Å²) in [5, 5.41) is 1.15. The van der Waals surface area contributed by atoms with Crippen LogP contribution in [0.25, 0.3) is 22.3 Å². The molecule has 0 radical (unpaired) electrons. The maximum atomic E-state index is 13.3. The lowest BCUT2D eigenvalue weighted by Crippen LogP contribution is -2.41. The van der Waals surface area contributed by atoms with E-state index < -0.39 is 17.8 Å². The average Bonchev–Trinajstić information content (AvgIpc) is 3.62. The normalized spacial score (nSPS) is 15.4. The number of halogens is 5. The van der Waals surface area contributed by atoms with E-state index >= 15 is 0 Å². The summed E-state index contributed by atoms with van der Waals surface area (Å²) in [5.41, 5.74) is 3.41. The number of carbonyl (C=O) groups is 2. The number of aromatic nitrogens is 2. The van der Waals surface area contributed by atoms with Crippen molar-refractivity contribution >= 4 is 35.0 Å². The molecule has 46 heavy (non-hydrogen) atoms. The third-order valence-electron chi connectivity index (χ3n) is 7.90. The van der Waals surface area contributed by atoms with E-state index in [4.69, 9.17) is 32.7 Å². The van der Waals surface area contributed by atoms with Crippen LogP contribution in [0.4, 0.5) is 13.2 Å². The number of alkyl halides is 3. The molecule has 0 bridgehead atoms. The number of aryl methyl sites for hydroxylation is 1. The Balaban J connectivity index is 0.000000184. The van der Waals surface area contributed by atoms with Gasteiger partial charge in [0.15, 0.2) is 0 Å². The fraction of sp³-hybridized carbons (Fsp3) is 0.333. The third kappa shape index (κ3) is 7.44. The highest BCUT2D eigenvalue weighted by atomic mass is 35.5. The number of carbonyl (C=O) groups excluding carboxylic acids is 2. The van der Waals surface area contributed by atoms with Crippen molar-refractivity contribution < 1.29 is 32.2 Å². The van der Waals surface area contributed by atoms with E-state index in [0.29, 0.717) is 73.9 Å². The lowest BCUT2D eigenvalue weighted by molar-refractivity contribution is -0.141. The minimum atomic E-state index is -4.57. The van der Waals surface area contributed by atoms with Gasteiger partial charge in [-0.05, 0) is 60.4 Å². The quantitative estimate of drug-likeness (QED) is 0.238. The number of nitrogens with one attached hydrogen (secondary N) is 2. The highest BCUT2D eigenvalue weighted by molar-refractivity contribution is 6.31. The molecule has 6 rings (SSSR count). The molecule has 2 amide bonds. The number of aromatic amines is 2. The summed E-state index contributed by atoms with van der Waals surface area (Å²) in [4.78, 5) is 34.2. The van der Waals surface area contributed by atoms with Gasteiger partial charge in [0.2, 0.25) is 0 Å². The van der Waals surface area contributed by atoms with E-state index in [1.54, 1.807) is 24.3 Å². The van der Waals surface area contributed by atoms with Crippen molar-refractivity contribution in [3.63, 3.8) is 0 Å². The third-order valence-corrected chi connectivity index (χ3v) is 8.40. The summed E-state index contributed by atoms with van der Waals surface area (Å²) in [6.07, 6.45) is -2.70. The van der Waals surface area contributed by atoms with Gasteiger partial charge in [-0.1, -0.05) is 47.5 Å². The molecular weight excluding hydrogens is 644 g/mol. The Bertz CT molecular complexity index is 1670. The molecule has 0 unspecified atom stereocenters. The fourth-order valence-electron chi connectivity index (χ4n) is 5.54. The molecule has 2 fully saturated rings. The first-order chi connectivity index (χ1) is 22.0. The van der Waals surface area contributed by atoms with Crippen LogP contribution >= 0.6 is 23.2 Å². The number of benzene rings is 2. The maximum Gasteiger partial charge on any atom is 0.431 e. The van der Waals surface area contributed by atoms with Crippen molar-refractivity contribution in [2.24, 2.45) is 0 Å². The van der Waals surface area contributed by atoms with Crippen LogP contribution in [-0.4, -0.2) is 84.2 Å². The molecule has 13 heteroatoms. The Morgan fingerprint density at radius 3 is 1.61 bits per heavy atom. The SMILES string of the molecule is Cc1c(C(F)(F)F)[nH]c(C(=O)N2CCOCC2)c1-c1ccc(Cl)cc1.Cc1c[nH]c(C(=O)N2CCOCC2)c1-c1ccc(Cl)cc1. The van der Waals surface area contributed by atoms with Gasteiger partial charge in [0.1, 0.15) is 17.1 Å². The van der Waals surface area contributed by atoms with E-state index in [-0.39, 0.29) is 22.7 Å². The molecule has 2 N–H and O–H groups in total. The molecule has 244 valence electrons.